The smallest absolute Gasteiger partial charge is 0.271 e. The lowest BCUT2D eigenvalue weighted by molar-refractivity contribution is -0.384. The van der Waals surface area contributed by atoms with E-state index in [1.54, 1.807) is 6.07 Å². The zero-order valence-corrected chi connectivity index (χ0v) is 9.53. The molecule has 1 N–H and O–H groups in total. The van der Waals surface area contributed by atoms with Crippen LogP contribution in [0.4, 0.5) is 5.69 Å². The van der Waals surface area contributed by atoms with Crippen LogP contribution in [0.25, 0.3) is 10.9 Å². The summed E-state index contributed by atoms with van der Waals surface area (Å²) in [6, 6.07) is 3.01. The molecule has 0 aliphatic carbocycles. The highest BCUT2D eigenvalue weighted by Gasteiger charge is 2.17. The predicted molar refractivity (Wildman–Crippen MR) is 60.5 cm³/mol. The molecule has 0 aliphatic heterocycles. The van der Waals surface area contributed by atoms with Crippen LogP contribution < -0.4 is 0 Å². The molecule has 1 aromatic heterocycles. The van der Waals surface area contributed by atoms with Crippen molar-refractivity contribution >= 4 is 50.8 Å². The van der Waals surface area contributed by atoms with Gasteiger partial charge in [0.1, 0.15) is 14.2 Å². The molecule has 0 radical (unpaired) electrons. The molecule has 1 heterocycles. The summed E-state index contributed by atoms with van der Waals surface area (Å²) in [5.41, 5.74) is 0.312. The molecule has 0 unspecified atom stereocenters. The summed E-state index contributed by atoms with van der Waals surface area (Å²) in [4.78, 5) is 10.0. The molecule has 0 bridgehead atoms. The Morgan fingerprint density at radius 3 is 2.93 bits per heavy atom. The zero-order valence-electron chi connectivity index (χ0n) is 6.62. The highest BCUT2D eigenvalue weighted by atomic mass is 127. The number of rotatable bonds is 1. The largest absolute Gasteiger partial charge is 0.290 e. The number of fused-ring (bicyclic) bond motifs is 1. The van der Waals surface area contributed by atoms with Crippen LogP contribution in [-0.2, 0) is 0 Å². The van der Waals surface area contributed by atoms with Crippen LogP contribution in [0.5, 0.6) is 0 Å². The molecule has 2 aromatic rings. The summed E-state index contributed by atoms with van der Waals surface area (Å²) in [5.74, 6) is 0. The van der Waals surface area contributed by atoms with E-state index in [2.05, 4.69) is 32.8 Å². The Hall–Kier alpha value is -0.890. The maximum absolute atomic E-state index is 10.6. The Labute approximate surface area is 96.7 Å². The van der Waals surface area contributed by atoms with Gasteiger partial charge in [0.15, 0.2) is 0 Å². The summed E-state index contributed by atoms with van der Waals surface area (Å²) >= 11 is 7.87. The SMILES string of the molecule is O=[N+]([O-])c1ccc2c(I)[nH]nc2c1Cl. The van der Waals surface area contributed by atoms with E-state index >= 15 is 0 Å². The number of hydrogen-bond acceptors (Lipinski definition) is 3. The topological polar surface area (TPSA) is 71.8 Å². The van der Waals surface area contributed by atoms with Crippen LogP contribution >= 0.6 is 34.2 Å². The number of nitrogens with one attached hydrogen (secondary N) is 1. The first-order valence-electron chi connectivity index (χ1n) is 3.57. The van der Waals surface area contributed by atoms with Gasteiger partial charge in [0, 0.05) is 11.5 Å². The van der Waals surface area contributed by atoms with Gasteiger partial charge in [-0.3, -0.25) is 15.2 Å². The summed E-state index contributed by atoms with van der Waals surface area (Å²) in [6.45, 7) is 0. The fraction of sp³-hybridized carbons (Fsp3) is 0. The molecule has 0 fully saturated rings. The van der Waals surface area contributed by atoms with E-state index in [1.165, 1.54) is 6.07 Å². The normalized spacial score (nSPS) is 10.7. The monoisotopic (exact) mass is 323 g/mol. The van der Waals surface area contributed by atoms with Gasteiger partial charge in [-0.2, -0.15) is 5.10 Å². The molecule has 1 aromatic carbocycles. The third kappa shape index (κ3) is 1.34. The van der Waals surface area contributed by atoms with E-state index < -0.39 is 4.92 Å². The minimum atomic E-state index is -0.524. The van der Waals surface area contributed by atoms with Crippen molar-refractivity contribution in [2.75, 3.05) is 0 Å². The van der Waals surface area contributed by atoms with E-state index in [0.717, 1.165) is 9.09 Å². The van der Waals surface area contributed by atoms with Crippen molar-refractivity contribution in [2.45, 2.75) is 0 Å². The zero-order chi connectivity index (χ0) is 10.3. The Bertz CT molecular complexity index is 525. The average molecular weight is 323 g/mol. The molecule has 2 rings (SSSR count). The van der Waals surface area contributed by atoms with Gasteiger partial charge < -0.3 is 0 Å². The van der Waals surface area contributed by atoms with Crippen LogP contribution in [0.1, 0.15) is 0 Å². The molecular weight excluding hydrogens is 320 g/mol. The van der Waals surface area contributed by atoms with Crippen molar-refractivity contribution in [1.29, 1.82) is 0 Å². The predicted octanol–water partition coefficient (Wildman–Crippen LogP) is 2.73. The molecule has 0 aliphatic rings. The van der Waals surface area contributed by atoms with Crippen LogP contribution in [0.15, 0.2) is 12.1 Å². The Kier molecular flexibility index (Phi) is 2.31. The van der Waals surface area contributed by atoms with Crippen molar-refractivity contribution in [3.8, 4) is 0 Å². The fourth-order valence-electron chi connectivity index (χ4n) is 1.15. The molecule has 0 saturated heterocycles. The molecule has 72 valence electrons. The second-order valence-electron chi connectivity index (χ2n) is 2.59. The highest BCUT2D eigenvalue weighted by molar-refractivity contribution is 14.1. The molecular formula is C7H3ClIN3O2. The number of hydrogen-bond donors (Lipinski definition) is 1. The third-order valence-corrected chi connectivity index (χ3v) is 2.99. The van der Waals surface area contributed by atoms with Crippen molar-refractivity contribution in [1.82, 2.24) is 10.2 Å². The van der Waals surface area contributed by atoms with Crippen LogP contribution in [0, 0.1) is 13.8 Å². The number of nitro benzene ring substituents is 1. The van der Waals surface area contributed by atoms with Crippen LogP contribution in [-0.4, -0.2) is 15.1 Å². The number of benzene rings is 1. The van der Waals surface area contributed by atoms with Crippen molar-refractivity contribution in [3.05, 3.63) is 31.0 Å². The maximum atomic E-state index is 10.6. The Balaban J connectivity index is 2.82. The van der Waals surface area contributed by atoms with Gasteiger partial charge in [0.05, 0.1) is 4.92 Å². The van der Waals surface area contributed by atoms with Gasteiger partial charge in [0.2, 0.25) is 0 Å². The first-order chi connectivity index (χ1) is 6.61. The number of aromatic nitrogens is 2. The minimum absolute atomic E-state index is 0.0756. The standard InChI is InChI=1S/C7H3ClIN3O2/c8-5-4(12(13)14)2-1-3-6(5)10-11-7(3)9/h1-2H,(H,10,11). The Morgan fingerprint density at radius 2 is 2.29 bits per heavy atom. The number of aromatic amines is 1. The van der Waals surface area contributed by atoms with Crippen molar-refractivity contribution in [3.63, 3.8) is 0 Å². The van der Waals surface area contributed by atoms with Crippen molar-refractivity contribution in [2.24, 2.45) is 0 Å². The van der Waals surface area contributed by atoms with Gasteiger partial charge in [-0.25, -0.2) is 0 Å². The quantitative estimate of drug-likeness (QED) is 0.498. The summed E-state index contributed by atoms with van der Waals surface area (Å²) in [5, 5.41) is 18.0. The van der Waals surface area contributed by atoms with E-state index in [4.69, 9.17) is 11.6 Å². The first-order valence-corrected chi connectivity index (χ1v) is 5.03. The minimum Gasteiger partial charge on any atom is -0.271 e. The van der Waals surface area contributed by atoms with E-state index in [9.17, 15) is 10.1 Å². The lowest BCUT2D eigenvalue weighted by atomic mass is 10.2. The van der Waals surface area contributed by atoms with E-state index in [-0.39, 0.29) is 10.7 Å². The first kappa shape index (κ1) is 9.66. The van der Waals surface area contributed by atoms with Gasteiger partial charge in [-0.05, 0) is 28.7 Å². The summed E-state index contributed by atoms with van der Waals surface area (Å²) in [6.07, 6.45) is 0. The molecule has 5 nitrogen and oxygen atoms in total. The average Bonchev–Trinajstić information content (AvgIpc) is 2.49. The second kappa shape index (κ2) is 3.35. The number of nitrogens with zero attached hydrogens (tertiary/aromatic N) is 2. The number of halogens is 2. The fourth-order valence-corrected chi connectivity index (χ4v) is 1.98. The lowest BCUT2D eigenvalue weighted by Crippen LogP contribution is -1.89. The van der Waals surface area contributed by atoms with Crippen molar-refractivity contribution < 1.29 is 4.92 Å². The summed E-state index contributed by atoms with van der Waals surface area (Å²) < 4.78 is 0.814. The Morgan fingerprint density at radius 1 is 1.57 bits per heavy atom. The van der Waals surface area contributed by atoms with Gasteiger partial charge >= 0.3 is 0 Å². The third-order valence-electron chi connectivity index (χ3n) is 1.79. The van der Waals surface area contributed by atoms with Crippen LogP contribution in [0.3, 0.4) is 0 Å². The van der Waals surface area contributed by atoms with E-state index in [1.807, 2.05) is 0 Å². The maximum Gasteiger partial charge on any atom is 0.290 e. The molecule has 0 amide bonds. The van der Waals surface area contributed by atoms with Gasteiger partial charge in [0.25, 0.3) is 5.69 Å². The summed E-state index contributed by atoms with van der Waals surface area (Å²) in [7, 11) is 0. The van der Waals surface area contributed by atoms with E-state index in [0.29, 0.717) is 5.52 Å². The second-order valence-corrected chi connectivity index (χ2v) is 4.05. The molecule has 0 spiro atoms. The lowest BCUT2D eigenvalue weighted by Gasteiger charge is -1.94. The molecule has 14 heavy (non-hydrogen) atoms. The molecule has 0 atom stereocenters. The highest BCUT2D eigenvalue weighted by Crippen LogP contribution is 2.32. The van der Waals surface area contributed by atoms with Gasteiger partial charge in [-0.1, -0.05) is 11.6 Å². The van der Waals surface area contributed by atoms with Gasteiger partial charge in [-0.15, -0.1) is 0 Å². The van der Waals surface area contributed by atoms with Crippen LogP contribution in [0.2, 0.25) is 5.02 Å². The molecule has 0 saturated carbocycles. The number of H-pyrrole nitrogens is 1. The molecule has 7 heteroatoms. The number of nitro groups is 1.